The van der Waals surface area contributed by atoms with E-state index in [2.05, 4.69) is 31.3 Å². The number of halogens is 1. The average molecular weight is 349 g/mol. The summed E-state index contributed by atoms with van der Waals surface area (Å²) < 4.78 is 5.66. The molecule has 4 nitrogen and oxygen atoms in total. The molecule has 2 fully saturated rings. The highest BCUT2D eigenvalue weighted by Gasteiger charge is 2.31. The molecule has 1 N–H and O–H groups in total. The lowest BCUT2D eigenvalue weighted by Gasteiger charge is -2.24. The highest BCUT2D eigenvalue weighted by Crippen LogP contribution is 2.26. The molecule has 2 aliphatic heterocycles. The quantitative estimate of drug-likeness (QED) is 0.905. The van der Waals surface area contributed by atoms with Crippen molar-refractivity contribution in [2.24, 2.45) is 0 Å². The summed E-state index contributed by atoms with van der Waals surface area (Å²) in [5.41, 5.74) is 4.35. The zero-order valence-electron chi connectivity index (χ0n) is 14.3. The molecular formula is C19H25ClN2O2. The number of nitrogens with one attached hydrogen (secondary N) is 1. The molecule has 2 unspecified atom stereocenters. The van der Waals surface area contributed by atoms with Gasteiger partial charge in [-0.15, -0.1) is 12.4 Å². The van der Waals surface area contributed by atoms with E-state index in [9.17, 15) is 4.79 Å². The number of amides is 1. The van der Waals surface area contributed by atoms with Crippen molar-refractivity contribution < 1.29 is 9.21 Å². The molecule has 0 spiro atoms. The van der Waals surface area contributed by atoms with Crippen LogP contribution >= 0.6 is 12.4 Å². The molecule has 1 amide bonds. The number of rotatable bonds is 2. The van der Waals surface area contributed by atoms with Crippen LogP contribution in [0.3, 0.4) is 0 Å². The molecule has 24 heavy (non-hydrogen) atoms. The van der Waals surface area contributed by atoms with Gasteiger partial charge in [0.05, 0.1) is 12.7 Å². The van der Waals surface area contributed by atoms with E-state index in [4.69, 9.17) is 4.42 Å². The molecule has 2 aliphatic rings. The van der Waals surface area contributed by atoms with Crippen molar-refractivity contribution in [3.63, 3.8) is 0 Å². The van der Waals surface area contributed by atoms with Crippen LogP contribution in [0.5, 0.6) is 0 Å². The summed E-state index contributed by atoms with van der Waals surface area (Å²) in [6, 6.07) is 5.30. The molecule has 2 bridgehead atoms. The highest BCUT2D eigenvalue weighted by atomic mass is 35.5. The van der Waals surface area contributed by atoms with Crippen molar-refractivity contribution in [3.05, 3.63) is 35.1 Å². The van der Waals surface area contributed by atoms with Crippen LogP contribution in [0.1, 0.15) is 36.0 Å². The van der Waals surface area contributed by atoms with Crippen LogP contribution in [0, 0.1) is 13.8 Å². The second-order valence-electron chi connectivity index (χ2n) is 7.14. The Morgan fingerprint density at radius 2 is 1.96 bits per heavy atom. The minimum Gasteiger partial charge on any atom is -0.464 e. The van der Waals surface area contributed by atoms with E-state index in [1.165, 1.54) is 24.0 Å². The molecule has 0 aliphatic carbocycles. The van der Waals surface area contributed by atoms with Crippen molar-refractivity contribution in [2.75, 3.05) is 13.1 Å². The van der Waals surface area contributed by atoms with Gasteiger partial charge in [-0.3, -0.25) is 4.79 Å². The summed E-state index contributed by atoms with van der Waals surface area (Å²) in [5, 5.41) is 4.71. The number of hydrogen-bond acceptors (Lipinski definition) is 3. The summed E-state index contributed by atoms with van der Waals surface area (Å²) in [6.07, 6.45) is 5.72. The Balaban J connectivity index is 0.00000169. The Morgan fingerprint density at radius 3 is 2.79 bits per heavy atom. The molecular weight excluding hydrogens is 324 g/mol. The molecule has 3 heterocycles. The molecule has 0 saturated carbocycles. The normalized spacial score (nSPS) is 23.2. The molecule has 130 valence electrons. The maximum absolute atomic E-state index is 12.7. The molecule has 1 aromatic heterocycles. The van der Waals surface area contributed by atoms with Gasteiger partial charge >= 0.3 is 0 Å². The second-order valence-corrected chi connectivity index (χ2v) is 7.14. The zero-order chi connectivity index (χ0) is 16.0. The average Bonchev–Trinajstić information content (AvgIpc) is 3.03. The smallest absolute Gasteiger partial charge is 0.227 e. The first-order valence-electron chi connectivity index (χ1n) is 8.61. The van der Waals surface area contributed by atoms with Gasteiger partial charge in [-0.2, -0.15) is 0 Å². The van der Waals surface area contributed by atoms with Gasteiger partial charge < -0.3 is 14.6 Å². The predicted octanol–water partition coefficient (Wildman–Crippen LogP) is 3.37. The Bertz CT molecular complexity index is 755. The standard InChI is InChI=1S/C19H24N2O2.ClH/c1-12-7-17-14(11-23-18(17)8-13(12)2)9-19(22)21-6-5-15-3-4-16(10-21)20-15;/h7-8,11,15-16,20H,3-6,9-10H2,1-2H3;1H. The lowest BCUT2D eigenvalue weighted by molar-refractivity contribution is -0.130. The first kappa shape index (κ1) is 17.3. The molecule has 2 aromatic rings. The number of furan rings is 1. The van der Waals surface area contributed by atoms with Gasteiger partial charge in [0.15, 0.2) is 0 Å². The Labute approximate surface area is 149 Å². The number of likely N-dealkylation sites (tertiary alicyclic amines) is 1. The maximum Gasteiger partial charge on any atom is 0.227 e. The van der Waals surface area contributed by atoms with Gasteiger partial charge in [0.25, 0.3) is 0 Å². The predicted molar refractivity (Wildman–Crippen MR) is 97.8 cm³/mol. The van der Waals surface area contributed by atoms with Gasteiger partial charge in [0.2, 0.25) is 5.91 Å². The molecule has 2 saturated heterocycles. The van der Waals surface area contributed by atoms with E-state index >= 15 is 0 Å². The van der Waals surface area contributed by atoms with Crippen LogP contribution < -0.4 is 5.32 Å². The molecule has 4 rings (SSSR count). The van der Waals surface area contributed by atoms with Crippen LogP contribution in [0.15, 0.2) is 22.8 Å². The fourth-order valence-electron chi connectivity index (χ4n) is 3.92. The lowest BCUT2D eigenvalue weighted by Crippen LogP contribution is -2.39. The zero-order valence-corrected chi connectivity index (χ0v) is 15.1. The van der Waals surface area contributed by atoms with E-state index in [1.54, 1.807) is 6.26 Å². The third kappa shape index (κ3) is 3.17. The first-order chi connectivity index (χ1) is 11.1. The van der Waals surface area contributed by atoms with Crippen molar-refractivity contribution >= 4 is 29.3 Å². The van der Waals surface area contributed by atoms with Crippen LogP contribution in [-0.2, 0) is 11.2 Å². The Morgan fingerprint density at radius 1 is 1.21 bits per heavy atom. The largest absolute Gasteiger partial charge is 0.464 e. The fraction of sp³-hybridized carbons (Fsp3) is 0.526. The SMILES string of the molecule is Cc1cc2occ(CC(=O)N3CCC4CCC(C3)N4)c2cc1C.Cl. The monoisotopic (exact) mass is 348 g/mol. The fourth-order valence-corrected chi connectivity index (χ4v) is 3.92. The van der Waals surface area contributed by atoms with Gasteiger partial charge in [-0.1, -0.05) is 0 Å². The number of carbonyl (C=O) groups excluding carboxylic acids is 1. The van der Waals surface area contributed by atoms with Gasteiger partial charge in [0, 0.05) is 36.1 Å². The van der Waals surface area contributed by atoms with Gasteiger partial charge in [0.1, 0.15) is 5.58 Å². The lowest BCUT2D eigenvalue weighted by atomic mass is 10.0. The molecule has 0 radical (unpaired) electrons. The summed E-state index contributed by atoms with van der Waals surface area (Å²) in [6.45, 7) is 5.91. The number of benzene rings is 1. The minimum atomic E-state index is 0. The highest BCUT2D eigenvalue weighted by molar-refractivity contribution is 5.88. The van der Waals surface area contributed by atoms with Gasteiger partial charge in [-0.25, -0.2) is 0 Å². The van der Waals surface area contributed by atoms with E-state index in [0.29, 0.717) is 18.5 Å². The van der Waals surface area contributed by atoms with E-state index in [-0.39, 0.29) is 18.3 Å². The summed E-state index contributed by atoms with van der Waals surface area (Å²) in [5.74, 6) is 0.222. The molecule has 2 atom stereocenters. The number of carbonyl (C=O) groups is 1. The topological polar surface area (TPSA) is 45.5 Å². The van der Waals surface area contributed by atoms with Crippen molar-refractivity contribution in [3.8, 4) is 0 Å². The van der Waals surface area contributed by atoms with Crippen LogP contribution in [0.2, 0.25) is 0 Å². The van der Waals surface area contributed by atoms with Crippen LogP contribution in [-0.4, -0.2) is 36.0 Å². The van der Waals surface area contributed by atoms with Crippen LogP contribution in [0.25, 0.3) is 11.0 Å². The second kappa shape index (κ2) is 6.77. The van der Waals surface area contributed by atoms with E-state index in [1.807, 2.05) is 4.90 Å². The minimum absolute atomic E-state index is 0. The van der Waals surface area contributed by atoms with E-state index in [0.717, 1.165) is 36.0 Å². The molecule has 5 heteroatoms. The van der Waals surface area contributed by atoms with Crippen molar-refractivity contribution in [1.29, 1.82) is 0 Å². The number of hydrogen-bond donors (Lipinski definition) is 1. The Hall–Kier alpha value is -1.52. The summed E-state index contributed by atoms with van der Waals surface area (Å²) in [4.78, 5) is 14.8. The van der Waals surface area contributed by atoms with Gasteiger partial charge in [-0.05, 0) is 56.4 Å². The Kier molecular flexibility index (Phi) is 4.88. The number of aryl methyl sites for hydroxylation is 2. The number of fused-ring (bicyclic) bond motifs is 3. The third-order valence-electron chi connectivity index (χ3n) is 5.49. The maximum atomic E-state index is 12.7. The molecule has 1 aromatic carbocycles. The number of nitrogens with zero attached hydrogens (tertiary/aromatic N) is 1. The summed E-state index contributed by atoms with van der Waals surface area (Å²) >= 11 is 0. The summed E-state index contributed by atoms with van der Waals surface area (Å²) in [7, 11) is 0. The first-order valence-corrected chi connectivity index (χ1v) is 8.61. The van der Waals surface area contributed by atoms with Crippen molar-refractivity contribution in [1.82, 2.24) is 10.2 Å². The van der Waals surface area contributed by atoms with Crippen LogP contribution in [0.4, 0.5) is 0 Å². The van der Waals surface area contributed by atoms with Crippen molar-refractivity contribution in [2.45, 2.75) is 51.6 Å². The third-order valence-corrected chi connectivity index (χ3v) is 5.49. The van der Waals surface area contributed by atoms with E-state index < -0.39 is 0 Å².